The van der Waals surface area contributed by atoms with E-state index in [1.54, 1.807) is 6.07 Å². The van der Waals surface area contributed by atoms with Crippen molar-refractivity contribution in [3.63, 3.8) is 0 Å². The van der Waals surface area contributed by atoms with E-state index in [2.05, 4.69) is 0 Å². The molecule has 1 aliphatic rings. The average Bonchev–Trinajstić information content (AvgIpc) is 2.52. The number of ether oxygens (including phenoxy) is 1. The van der Waals surface area contributed by atoms with Gasteiger partial charge in [-0.05, 0) is 36.6 Å². The lowest BCUT2D eigenvalue weighted by Gasteiger charge is -2.29. The maximum Gasteiger partial charge on any atom is 0.308 e. The standard InChI is InChI=1S/C16H18FNO4/c1-22-14-6-4-11(9-13(14)17)5-7-15(19)18-8-2-3-12(10-18)16(20)21/h4-7,9,12H,2-3,8,10H2,1H3,(H,20,21)/b7-5+. The second-order valence-corrected chi connectivity index (χ2v) is 5.19. The van der Waals surface area contributed by atoms with Gasteiger partial charge >= 0.3 is 5.97 Å². The number of carboxylic acids is 1. The van der Waals surface area contributed by atoms with Crippen molar-refractivity contribution in [1.29, 1.82) is 0 Å². The van der Waals surface area contributed by atoms with Gasteiger partial charge in [0.05, 0.1) is 13.0 Å². The summed E-state index contributed by atoms with van der Waals surface area (Å²) in [6.07, 6.45) is 4.11. The fourth-order valence-electron chi connectivity index (χ4n) is 2.44. The minimum absolute atomic E-state index is 0.142. The Morgan fingerprint density at radius 2 is 2.23 bits per heavy atom. The molecule has 6 heteroatoms. The summed E-state index contributed by atoms with van der Waals surface area (Å²) in [5.41, 5.74) is 0.540. The molecule has 1 aromatic rings. The Balaban J connectivity index is 2.01. The molecule has 1 fully saturated rings. The van der Waals surface area contributed by atoms with E-state index in [0.29, 0.717) is 24.9 Å². The molecular formula is C16H18FNO4. The van der Waals surface area contributed by atoms with Gasteiger partial charge in [-0.15, -0.1) is 0 Å². The molecule has 1 N–H and O–H groups in total. The second-order valence-electron chi connectivity index (χ2n) is 5.19. The average molecular weight is 307 g/mol. The molecule has 0 saturated carbocycles. The van der Waals surface area contributed by atoms with Gasteiger partial charge in [-0.25, -0.2) is 4.39 Å². The zero-order valence-corrected chi connectivity index (χ0v) is 12.3. The number of hydrogen-bond acceptors (Lipinski definition) is 3. The molecule has 0 bridgehead atoms. The summed E-state index contributed by atoms with van der Waals surface area (Å²) in [6.45, 7) is 0.763. The number of nitrogens with zero attached hydrogens (tertiary/aromatic N) is 1. The molecule has 1 amide bonds. The highest BCUT2D eigenvalue weighted by Gasteiger charge is 2.27. The summed E-state index contributed by atoms with van der Waals surface area (Å²) in [5, 5.41) is 9.02. The maximum atomic E-state index is 13.6. The van der Waals surface area contributed by atoms with Gasteiger partial charge in [0, 0.05) is 19.2 Å². The second kappa shape index (κ2) is 7.06. The Hall–Kier alpha value is -2.37. The van der Waals surface area contributed by atoms with Crippen LogP contribution in [0.1, 0.15) is 18.4 Å². The van der Waals surface area contributed by atoms with E-state index in [-0.39, 0.29) is 18.2 Å². The number of rotatable bonds is 4. The van der Waals surface area contributed by atoms with E-state index in [9.17, 15) is 14.0 Å². The quantitative estimate of drug-likeness (QED) is 0.866. The molecular weight excluding hydrogens is 289 g/mol. The number of carbonyl (C=O) groups is 2. The molecule has 1 atom stereocenters. The van der Waals surface area contributed by atoms with Crippen LogP contribution in [-0.2, 0) is 9.59 Å². The van der Waals surface area contributed by atoms with Crippen molar-refractivity contribution in [2.24, 2.45) is 5.92 Å². The summed E-state index contributed by atoms with van der Waals surface area (Å²) < 4.78 is 18.4. The largest absolute Gasteiger partial charge is 0.494 e. The van der Waals surface area contributed by atoms with Crippen LogP contribution in [0.4, 0.5) is 4.39 Å². The zero-order valence-electron chi connectivity index (χ0n) is 12.3. The Bertz CT molecular complexity index is 600. The number of hydrogen-bond donors (Lipinski definition) is 1. The van der Waals surface area contributed by atoms with Gasteiger partial charge in [0.25, 0.3) is 0 Å². The molecule has 22 heavy (non-hydrogen) atoms. The Morgan fingerprint density at radius 1 is 1.45 bits per heavy atom. The molecule has 1 heterocycles. The third-order valence-electron chi connectivity index (χ3n) is 3.68. The number of carbonyl (C=O) groups excluding carboxylic acids is 1. The van der Waals surface area contributed by atoms with Crippen molar-refractivity contribution in [3.05, 3.63) is 35.7 Å². The lowest BCUT2D eigenvalue weighted by atomic mass is 9.98. The summed E-state index contributed by atoms with van der Waals surface area (Å²) in [6, 6.07) is 4.40. The zero-order chi connectivity index (χ0) is 16.1. The van der Waals surface area contributed by atoms with Crippen LogP contribution >= 0.6 is 0 Å². The summed E-state index contributed by atoms with van der Waals surface area (Å²) in [5.74, 6) is -2.00. The van der Waals surface area contributed by atoms with Crippen LogP contribution in [0.5, 0.6) is 5.75 Å². The Kier molecular flexibility index (Phi) is 5.14. The minimum Gasteiger partial charge on any atom is -0.494 e. The predicted octanol–water partition coefficient (Wildman–Crippen LogP) is 2.17. The van der Waals surface area contributed by atoms with Gasteiger partial charge in [0.15, 0.2) is 11.6 Å². The van der Waals surface area contributed by atoms with E-state index in [1.807, 2.05) is 0 Å². The first kappa shape index (κ1) is 16.0. The molecule has 0 spiro atoms. The minimum atomic E-state index is -0.876. The Labute approximate surface area is 128 Å². The lowest BCUT2D eigenvalue weighted by Crippen LogP contribution is -2.41. The third-order valence-corrected chi connectivity index (χ3v) is 3.68. The molecule has 0 aromatic heterocycles. The van der Waals surface area contributed by atoms with E-state index in [0.717, 1.165) is 0 Å². The Morgan fingerprint density at radius 3 is 2.86 bits per heavy atom. The first-order valence-electron chi connectivity index (χ1n) is 7.04. The van der Waals surface area contributed by atoms with Crippen LogP contribution in [0.2, 0.25) is 0 Å². The molecule has 1 aliphatic heterocycles. The summed E-state index contributed by atoms with van der Waals surface area (Å²) in [4.78, 5) is 24.6. The number of amides is 1. The highest BCUT2D eigenvalue weighted by molar-refractivity contribution is 5.92. The van der Waals surface area contributed by atoms with Gasteiger partial charge in [-0.2, -0.15) is 0 Å². The molecule has 2 rings (SSSR count). The molecule has 1 aromatic carbocycles. The van der Waals surface area contributed by atoms with Crippen LogP contribution in [0, 0.1) is 11.7 Å². The van der Waals surface area contributed by atoms with E-state index in [1.165, 1.54) is 36.3 Å². The molecule has 1 unspecified atom stereocenters. The van der Waals surface area contributed by atoms with Crippen molar-refractivity contribution in [2.45, 2.75) is 12.8 Å². The summed E-state index contributed by atoms with van der Waals surface area (Å²) in [7, 11) is 1.38. The number of halogens is 1. The molecule has 0 radical (unpaired) electrons. The van der Waals surface area contributed by atoms with Crippen LogP contribution in [0.25, 0.3) is 6.08 Å². The van der Waals surface area contributed by atoms with Gasteiger partial charge in [-0.3, -0.25) is 9.59 Å². The smallest absolute Gasteiger partial charge is 0.308 e. The monoisotopic (exact) mass is 307 g/mol. The van der Waals surface area contributed by atoms with Crippen LogP contribution in [-0.4, -0.2) is 42.1 Å². The highest BCUT2D eigenvalue weighted by Crippen LogP contribution is 2.19. The number of carboxylic acid groups (broad SMARTS) is 1. The maximum absolute atomic E-state index is 13.6. The number of likely N-dealkylation sites (tertiary alicyclic amines) is 1. The number of benzene rings is 1. The van der Waals surface area contributed by atoms with Crippen molar-refractivity contribution in [2.75, 3.05) is 20.2 Å². The van der Waals surface area contributed by atoms with E-state index in [4.69, 9.17) is 9.84 Å². The van der Waals surface area contributed by atoms with Crippen molar-refractivity contribution < 1.29 is 23.8 Å². The number of methoxy groups -OCH3 is 1. The first-order valence-corrected chi connectivity index (χ1v) is 7.04. The van der Waals surface area contributed by atoms with Gasteiger partial charge in [0.1, 0.15) is 0 Å². The van der Waals surface area contributed by atoms with Gasteiger partial charge in [0.2, 0.25) is 5.91 Å². The van der Waals surface area contributed by atoms with Crippen molar-refractivity contribution in [3.8, 4) is 5.75 Å². The number of aliphatic carboxylic acids is 1. The third kappa shape index (κ3) is 3.84. The van der Waals surface area contributed by atoms with Gasteiger partial charge in [-0.1, -0.05) is 6.07 Å². The lowest BCUT2D eigenvalue weighted by molar-refractivity contribution is -0.144. The number of piperidine rings is 1. The van der Waals surface area contributed by atoms with Crippen LogP contribution < -0.4 is 4.74 Å². The van der Waals surface area contributed by atoms with Crippen molar-refractivity contribution in [1.82, 2.24) is 4.90 Å². The van der Waals surface area contributed by atoms with Gasteiger partial charge < -0.3 is 14.7 Å². The SMILES string of the molecule is COc1ccc(/C=C/C(=O)N2CCCC(C(=O)O)C2)cc1F. The molecule has 0 aliphatic carbocycles. The van der Waals surface area contributed by atoms with Crippen molar-refractivity contribution >= 4 is 18.0 Å². The summed E-state index contributed by atoms with van der Waals surface area (Å²) >= 11 is 0. The fourth-order valence-corrected chi connectivity index (χ4v) is 2.44. The normalized spacial score (nSPS) is 18.5. The predicted molar refractivity (Wildman–Crippen MR) is 78.9 cm³/mol. The van der Waals surface area contributed by atoms with Crippen LogP contribution in [0.15, 0.2) is 24.3 Å². The highest BCUT2D eigenvalue weighted by atomic mass is 19.1. The van der Waals surface area contributed by atoms with Crippen LogP contribution in [0.3, 0.4) is 0 Å². The van der Waals surface area contributed by atoms with E-state index < -0.39 is 17.7 Å². The van der Waals surface area contributed by atoms with E-state index >= 15 is 0 Å². The molecule has 118 valence electrons. The molecule has 1 saturated heterocycles. The first-order chi connectivity index (χ1) is 10.5. The fraction of sp³-hybridized carbons (Fsp3) is 0.375. The topological polar surface area (TPSA) is 66.8 Å². The molecule has 5 nitrogen and oxygen atoms in total.